The lowest BCUT2D eigenvalue weighted by Gasteiger charge is -2.39. The van der Waals surface area contributed by atoms with Crippen LogP contribution < -0.4 is 10.2 Å². The Balaban J connectivity index is 2.14. The van der Waals surface area contributed by atoms with Gasteiger partial charge in [0.1, 0.15) is 11.6 Å². The molecule has 0 saturated carbocycles. The Kier molecular flexibility index (Phi) is 3.99. The van der Waals surface area contributed by atoms with Gasteiger partial charge in [-0.1, -0.05) is 6.07 Å². The van der Waals surface area contributed by atoms with E-state index in [1.807, 2.05) is 6.07 Å². The van der Waals surface area contributed by atoms with Gasteiger partial charge in [0.25, 0.3) is 0 Å². The van der Waals surface area contributed by atoms with E-state index in [1.54, 1.807) is 0 Å². The topological polar surface area (TPSA) is 31.4 Å². The fourth-order valence-corrected chi connectivity index (χ4v) is 2.52. The van der Waals surface area contributed by atoms with Gasteiger partial charge in [0, 0.05) is 31.2 Å². The number of hydrogen-bond donors (Lipinski definition) is 1. The minimum Gasteiger partial charge on any atom is -0.365 e. The number of nitrogens with zero attached hydrogens (tertiary/aromatic N) is 3. The van der Waals surface area contributed by atoms with E-state index in [0.717, 1.165) is 31.3 Å². The molecule has 0 aromatic carbocycles. The number of anilines is 2. The van der Waals surface area contributed by atoms with Gasteiger partial charge in [-0.05, 0) is 46.9 Å². The van der Waals surface area contributed by atoms with Crippen molar-refractivity contribution in [1.29, 1.82) is 0 Å². The highest BCUT2D eigenvalue weighted by atomic mass is 15.3. The number of aromatic nitrogens is 1. The van der Waals surface area contributed by atoms with Crippen molar-refractivity contribution in [2.45, 2.75) is 39.3 Å². The van der Waals surface area contributed by atoms with Crippen LogP contribution in [0.15, 0.2) is 18.2 Å². The third kappa shape index (κ3) is 3.83. The molecule has 4 heteroatoms. The molecule has 1 N–H and O–H groups in total. The van der Waals surface area contributed by atoms with Crippen molar-refractivity contribution in [3.63, 3.8) is 0 Å². The molecule has 2 rings (SSSR count). The van der Waals surface area contributed by atoms with Crippen molar-refractivity contribution in [1.82, 2.24) is 9.88 Å². The normalized spacial score (nSPS) is 21.5. The second-order valence-electron chi connectivity index (χ2n) is 6.56. The Bertz CT molecular complexity index is 424. The predicted molar refractivity (Wildman–Crippen MR) is 81.9 cm³/mol. The van der Waals surface area contributed by atoms with E-state index < -0.39 is 0 Å². The third-order valence-electron chi connectivity index (χ3n) is 3.36. The standard InChI is InChI=1S/C15H26N4/c1-12-11-18(5)9-10-19(12)14-8-6-7-13(16-14)17-15(2,3)4/h6-8,12H,9-11H2,1-5H3,(H,16,17). The summed E-state index contributed by atoms with van der Waals surface area (Å²) in [5.41, 5.74) is 0.0410. The lowest BCUT2D eigenvalue weighted by Crippen LogP contribution is -2.50. The van der Waals surface area contributed by atoms with Gasteiger partial charge in [0.05, 0.1) is 0 Å². The molecule has 1 fully saturated rings. The van der Waals surface area contributed by atoms with Crippen molar-refractivity contribution >= 4 is 11.6 Å². The Morgan fingerprint density at radius 1 is 1.26 bits per heavy atom. The molecule has 2 heterocycles. The summed E-state index contributed by atoms with van der Waals surface area (Å²) < 4.78 is 0. The third-order valence-corrected chi connectivity index (χ3v) is 3.36. The smallest absolute Gasteiger partial charge is 0.131 e. The first-order valence-corrected chi connectivity index (χ1v) is 7.05. The molecule has 1 unspecified atom stereocenters. The number of piperazine rings is 1. The Hall–Kier alpha value is -1.29. The lowest BCUT2D eigenvalue weighted by molar-refractivity contribution is 0.274. The molecule has 1 aliphatic heterocycles. The van der Waals surface area contributed by atoms with E-state index in [2.05, 4.69) is 62.0 Å². The molecule has 0 spiro atoms. The maximum absolute atomic E-state index is 4.75. The summed E-state index contributed by atoms with van der Waals surface area (Å²) in [5.74, 6) is 2.03. The van der Waals surface area contributed by atoms with Gasteiger partial charge < -0.3 is 15.1 Å². The molecule has 0 aliphatic carbocycles. The van der Waals surface area contributed by atoms with Gasteiger partial charge in [-0.25, -0.2) is 4.98 Å². The van der Waals surface area contributed by atoms with Crippen LogP contribution in [0.25, 0.3) is 0 Å². The molecular weight excluding hydrogens is 236 g/mol. The first kappa shape index (κ1) is 14.1. The second kappa shape index (κ2) is 5.37. The van der Waals surface area contributed by atoms with Crippen molar-refractivity contribution in [2.75, 3.05) is 36.9 Å². The van der Waals surface area contributed by atoms with Crippen molar-refractivity contribution < 1.29 is 0 Å². The Morgan fingerprint density at radius 3 is 2.63 bits per heavy atom. The number of pyridine rings is 1. The largest absolute Gasteiger partial charge is 0.365 e. The van der Waals surface area contributed by atoms with Gasteiger partial charge in [0.2, 0.25) is 0 Å². The predicted octanol–water partition coefficient (Wildman–Crippen LogP) is 2.43. The summed E-state index contributed by atoms with van der Waals surface area (Å²) in [6.45, 7) is 12.0. The van der Waals surface area contributed by atoms with Crippen molar-refractivity contribution in [2.24, 2.45) is 0 Å². The summed E-state index contributed by atoms with van der Waals surface area (Å²) >= 11 is 0. The quantitative estimate of drug-likeness (QED) is 0.887. The van der Waals surface area contributed by atoms with Gasteiger partial charge in [-0.3, -0.25) is 0 Å². The molecule has 1 atom stereocenters. The Labute approximate surface area is 116 Å². The fourth-order valence-electron chi connectivity index (χ4n) is 2.52. The molecule has 0 bridgehead atoms. The number of likely N-dealkylation sites (N-methyl/N-ethyl adjacent to an activating group) is 1. The summed E-state index contributed by atoms with van der Waals surface area (Å²) in [6.07, 6.45) is 0. The van der Waals surface area contributed by atoms with E-state index in [-0.39, 0.29) is 5.54 Å². The van der Waals surface area contributed by atoms with Gasteiger partial charge >= 0.3 is 0 Å². The summed E-state index contributed by atoms with van der Waals surface area (Å²) in [5, 5.41) is 3.44. The molecule has 106 valence electrons. The zero-order valence-electron chi connectivity index (χ0n) is 12.8. The minimum absolute atomic E-state index is 0.0410. The monoisotopic (exact) mass is 262 g/mol. The summed E-state index contributed by atoms with van der Waals surface area (Å²) in [4.78, 5) is 9.52. The highest BCUT2D eigenvalue weighted by molar-refractivity contribution is 5.49. The van der Waals surface area contributed by atoms with E-state index in [1.165, 1.54) is 0 Å². The molecule has 1 aliphatic rings. The van der Waals surface area contributed by atoms with E-state index in [9.17, 15) is 0 Å². The number of rotatable bonds is 2. The van der Waals surface area contributed by atoms with Crippen LogP contribution in [0.1, 0.15) is 27.7 Å². The van der Waals surface area contributed by atoms with Crippen molar-refractivity contribution in [3.8, 4) is 0 Å². The molecule has 1 saturated heterocycles. The minimum atomic E-state index is 0.0410. The average molecular weight is 262 g/mol. The molecule has 1 aromatic heterocycles. The number of nitrogens with one attached hydrogen (secondary N) is 1. The molecule has 19 heavy (non-hydrogen) atoms. The van der Waals surface area contributed by atoms with Crippen LogP contribution >= 0.6 is 0 Å². The van der Waals surface area contributed by atoms with Crippen molar-refractivity contribution in [3.05, 3.63) is 18.2 Å². The van der Waals surface area contributed by atoms with Gasteiger partial charge in [-0.2, -0.15) is 0 Å². The molecule has 4 nitrogen and oxygen atoms in total. The molecule has 0 radical (unpaired) electrons. The zero-order valence-corrected chi connectivity index (χ0v) is 12.8. The first-order chi connectivity index (χ1) is 8.85. The van der Waals surface area contributed by atoms with Crippen LogP contribution in [-0.2, 0) is 0 Å². The summed E-state index contributed by atoms with van der Waals surface area (Å²) in [6, 6.07) is 6.74. The molecular formula is C15H26N4. The highest BCUT2D eigenvalue weighted by Crippen LogP contribution is 2.21. The Morgan fingerprint density at radius 2 is 2.00 bits per heavy atom. The molecule has 1 aromatic rings. The van der Waals surface area contributed by atoms with Gasteiger partial charge in [0.15, 0.2) is 0 Å². The maximum Gasteiger partial charge on any atom is 0.131 e. The highest BCUT2D eigenvalue weighted by Gasteiger charge is 2.22. The zero-order chi connectivity index (χ0) is 14.0. The SMILES string of the molecule is CC1CN(C)CCN1c1cccc(NC(C)(C)C)n1. The van der Waals surface area contributed by atoms with Crippen LogP contribution in [0, 0.1) is 0 Å². The van der Waals surface area contributed by atoms with E-state index in [4.69, 9.17) is 4.98 Å². The van der Waals surface area contributed by atoms with E-state index in [0.29, 0.717) is 6.04 Å². The van der Waals surface area contributed by atoms with Crippen LogP contribution in [0.2, 0.25) is 0 Å². The lowest BCUT2D eigenvalue weighted by atomic mass is 10.1. The maximum atomic E-state index is 4.75. The van der Waals surface area contributed by atoms with Crippen LogP contribution in [0.5, 0.6) is 0 Å². The van der Waals surface area contributed by atoms with Crippen LogP contribution in [-0.4, -0.2) is 48.1 Å². The average Bonchev–Trinajstić information content (AvgIpc) is 2.26. The second-order valence-corrected chi connectivity index (χ2v) is 6.56. The van der Waals surface area contributed by atoms with E-state index >= 15 is 0 Å². The van der Waals surface area contributed by atoms with Crippen LogP contribution in [0.4, 0.5) is 11.6 Å². The van der Waals surface area contributed by atoms with Crippen LogP contribution in [0.3, 0.4) is 0 Å². The summed E-state index contributed by atoms with van der Waals surface area (Å²) in [7, 11) is 2.18. The first-order valence-electron chi connectivity index (χ1n) is 7.05. The fraction of sp³-hybridized carbons (Fsp3) is 0.667. The molecule has 0 amide bonds. The number of hydrogen-bond acceptors (Lipinski definition) is 4. The van der Waals surface area contributed by atoms with Gasteiger partial charge in [-0.15, -0.1) is 0 Å².